The minimum atomic E-state index is -0.421. The third-order valence-electron chi connectivity index (χ3n) is 4.40. The molecule has 1 fully saturated rings. The first-order chi connectivity index (χ1) is 10.2. The lowest BCUT2D eigenvalue weighted by atomic mass is 9.93. The Kier molecular flexibility index (Phi) is 6.67. The van der Waals surface area contributed by atoms with Gasteiger partial charge in [0, 0.05) is 38.7 Å². The van der Waals surface area contributed by atoms with Crippen LogP contribution in [-0.4, -0.2) is 61.4 Å². The van der Waals surface area contributed by atoms with E-state index in [1.54, 1.807) is 7.11 Å². The summed E-state index contributed by atoms with van der Waals surface area (Å²) in [6.45, 7) is 2.89. The molecule has 5 heteroatoms. The van der Waals surface area contributed by atoms with Gasteiger partial charge in [-0.15, -0.1) is 0 Å². The van der Waals surface area contributed by atoms with Crippen molar-refractivity contribution in [1.82, 2.24) is 10.2 Å². The Labute approximate surface area is 127 Å². The standard InChI is InChI=1S/C16H28N2O3/c1-21-12-15(19)11-18-9-7-14(8-10-18)17-16(20)13-5-3-2-4-6-13/h2-3,13-15,19H,4-12H2,1H3,(H,17,20). The van der Waals surface area contributed by atoms with Crippen LogP contribution in [0.3, 0.4) is 0 Å². The smallest absolute Gasteiger partial charge is 0.223 e. The molecule has 0 spiro atoms. The summed E-state index contributed by atoms with van der Waals surface area (Å²) in [6, 6.07) is 0.291. The molecular formula is C16H28N2O3. The third kappa shape index (κ3) is 5.41. The summed E-state index contributed by atoms with van der Waals surface area (Å²) in [4.78, 5) is 14.4. The topological polar surface area (TPSA) is 61.8 Å². The monoisotopic (exact) mass is 296 g/mol. The number of nitrogens with one attached hydrogen (secondary N) is 1. The van der Waals surface area contributed by atoms with Crippen LogP contribution in [0.5, 0.6) is 0 Å². The van der Waals surface area contributed by atoms with Crippen molar-refractivity contribution in [3.05, 3.63) is 12.2 Å². The average Bonchev–Trinajstić information content (AvgIpc) is 2.50. The number of ether oxygens (including phenoxy) is 1. The summed E-state index contributed by atoms with van der Waals surface area (Å²) in [6.07, 6.45) is 8.67. The number of hydrogen-bond acceptors (Lipinski definition) is 4. The maximum absolute atomic E-state index is 12.2. The molecule has 0 aromatic heterocycles. The first kappa shape index (κ1) is 16.5. The van der Waals surface area contributed by atoms with Gasteiger partial charge in [-0.3, -0.25) is 4.79 Å². The summed E-state index contributed by atoms with van der Waals surface area (Å²) < 4.78 is 4.95. The van der Waals surface area contributed by atoms with E-state index in [4.69, 9.17) is 4.74 Å². The molecule has 2 unspecified atom stereocenters. The Hall–Kier alpha value is -0.910. The molecular weight excluding hydrogens is 268 g/mol. The highest BCUT2D eigenvalue weighted by Crippen LogP contribution is 2.19. The van der Waals surface area contributed by atoms with Crippen LogP contribution in [0, 0.1) is 5.92 Å². The van der Waals surface area contributed by atoms with Crippen molar-refractivity contribution in [3.8, 4) is 0 Å². The lowest BCUT2D eigenvalue weighted by Gasteiger charge is -2.34. The second-order valence-electron chi connectivity index (χ2n) is 6.17. The summed E-state index contributed by atoms with van der Waals surface area (Å²) in [5, 5.41) is 12.9. The molecule has 2 N–H and O–H groups in total. The number of nitrogens with zero attached hydrogens (tertiary/aromatic N) is 1. The number of aliphatic hydroxyl groups is 1. The van der Waals surface area contributed by atoms with Crippen LogP contribution in [-0.2, 0) is 9.53 Å². The minimum Gasteiger partial charge on any atom is -0.389 e. The van der Waals surface area contributed by atoms with E-state index in [9.17, 15) is 9.90 Å². The SMILES string of the molecule is COCC(O)CN1CCC(NC(=O)C2CC=CCC2)CC1. The number of carbonyl (C=O) groups excluding carboxylic acids is 1. The molecule has 120 valence electrons. The van der Waals surface area contributed by atoms with E-state index in [-0.39, 0.29) is 11.8 Å². The van der Waals surface area contributed by atoms with Crippen molar-refractivity contribution in [3.63, 3.8) is 0 Å². The fourth-order valence-corrected chi connectivity index (χ4v) is 3.15. The number of piperidine rings is 1. The van der Waals surface area contributed by atoms with Gasteiger partial charge >= 0.3 is 0 Å². The van der Waals surface area contributed by atoms with Crippen molar-refractivity contribution in [2.45, 2.75) is 44.2 Å². The molecule has 2 atom stereocenters. The van der Waals surface area contributed by atoms with Gasteiger partial charge in [0.05, 0.1) is 12.7 Å². The first-order valence-corrected chi connectivity index (χ1v) is 8.03. The van der Waals surface area contributed by atoms with E-state index in [0.717, 1.165) is 45.2 Å². The van der Waals surface area contributed by atoms with Crippen molar-refractivity contribution in [2.24, 2.45) is 5.92 Å². The van der Waals surface area contributed by atoms with Crippen LogP contribution in [0.4, 0.5) is 0 Å². The number of amides is 1. The maximum atomic E-state index is 12.2. The quantitative estimate of drug-likeness (QED) is 0.716. The van der Waals surface area contributed by atoms with E-state index in [1.807, 2.05) is 0 Å². The Morgan fingerprint density at radius 2 is 2.14 bits per heavy atom. The van der Waals surface area contributed by atoms with E-state index < -0.39 is 6.10 Å². The average molecular weight is 296 g/mol. The number of aliphatic hydroxyl groups excluding tert-OH is 1. The number of hydrogen-bond donors (Lipinski definition) is 2. The van der Waals surface area contributed by atoms with Gasteiger partial charge in [0.25, 0.3) is 0 Å². The molecule has 5 nitrogen and oxygen atoms in total. The zero-order valence-electron chi connectivity index (χ0n) is 13.0. The summed E-state index contributed by atoms with van der Waals surface area (Å²) in [5.41, 5.74) is 0. The zero-order chi connectivity index (χ0) is 15.1. The van der Waals surface area contributed by atoms with Gasteiger partial charge in [-0.2, -0.15) is 0 Å². The third-order valence-corrected chi connectivity index (χ3v) is 4.40. The maximum Gasteiger partial charge on any atom is 0.223 e. The molecule has 1 amide bonds. The predicted molar refractivity (Wildman–Crippen MR) is 82.0 cm³/mol. The second kappa shape index (κ2) is 8.51. The molecule has 2 rings (SSSR count). The number of allylic oxidation sites excluding steroid dienone is 2. The molecule has 21 heavy (non-hydrogen) atoms. The van der Waals surface area contributed by atoms with Crippen molar-refractivity contribution in [1.29, 1.82) is 0 Å². The predicted octanol–water partition coefficient (Wildman–Crippen LogP) is 0.931. The number of β-amino-alcohol motifs (C(OH)–C–C–N with tert-alkyl or cyclic N) is 1. The number of methoxy groups -OCH3 is 1. The Morgan fingerprint density at radius 1 is 1.38 bits per heavy atom. The molecule has 0 bridgehead atoms. The zero-order valence-corrected chi connectivity index (χ0v) is 13.0. The van der Waals surface area contributed by atoms with Gasteiger partial charge in [-0.25, -0.2) is 0 Å². The molecule has 1 aliphatic carbocycles. The van der Waals surface area contributed by atoms with E-state index in [2.05, 4.69) is 22.4 Å². The number of carbonyl (C=O) groups is 1. The first-order valence-electron chi connectivity index (χ1n) is 8.03. The molecule has 1 aliphatic heterocycles. The summed E-state index contributed by atoms with van der Waals surface area (Å²) >= 11 is 0. The van der Waals surface area contributed by atoms with Gasteiger partial charge in [-0.1, -0.05) is 12.2 Å². The number of rotatable bonds is 6. The van der Waals surface area contributed by atoms with Crippen LogP contribution in [0.1, 0.15) is 32.1 Å². The van der Waals surface area contributed by atoms with E-state index in [0.29, 0.717) is 19.2 Å². The normalized spacial score (nSPS) is 25.7. The number of likely N-dealkylation sites (tertiary alicyclic amines) is 1. The molecule has 0 aromatic rings. The van der Waals surface area contributed by atoms with Gasteiger partial charge in [0.2, 0.25) is 5.91 Å². The fourth-order valence-electron chi connectivity index (χ4n) is 3.15. The van der Waals surface area contributed by atoms with Crippen LogP contribution in [0.25, 0.3) is 0 Å². The lowest BCUT2D eigenvalue weighted by Crippen LogP contribution is -2.48. The summed E-state index contributed by atoms with van der Waals surface area (Å²) in [5.74, 6) is 0.383. The molecule has 1 saturated heterocycles. The lowest BCUT2D eigenvalue weighted by molar-refractivity contribution is -0.126. The molecule has 1 heterocycles. The molecule has 0 saturated carbocycles. The second-order valence-corrected chi connectivity index (χ2v) is 6.17. The van der Waals surface area contributed by atoms with Gasteiger partial charge in [-0.05, 0) is 32.1 Å². The van der Waals surface area contributed by atoms with Crippen molar-refractivity contribution >= 4 is 5.91 Å². The van der Waals surface area contributed by atoms with Crippen LogP contribution >= 0.6 is 0 Å². The van der Waals surface area contributed by atoms with Gasteiger partial charge in [0.15, 0.2) is 0 Å². The highest BCUT2D eigenvalue weighted by Gasteiger charge is 2.25. The Bertz CT molecular complexity index is 351. The Morgan fingerprint density at radius 3 is 2.76 bits per heavy atom. The van der Waals surface area contributed by atoms with Crippen LogP contribution < -0.4 is 5.32 Å². The highest BCUT2D eigenvalue weighted by molar-refractivity contribution is 5.79. The van der Waals surface area contributed by atoms with E-state index >= 15 is 0 Å². The largest absolute Gasteiger partial charge is 0.389 e. The molecule has 0 aromatic carbocycles. The van der Waals surface area contributed by atoms with Crippen molar-refractivity contribution in [2.75, 3.05) is 33.4 Å². The summed E-state index contributed by atoms with van der Waals surface area (Å²) in [7, 11) is 1.60. The minimum absolute atomic E-state index is 0.163. The molecule has 2 aliphatic rings. The fraction of sp³-hybridized carbons (Fsp3) is 0.812. The van der Waals surface area contributed by atoms with Crippen molar-refractivity contribution < 1.29 is 14.6 Å². The van der Waals surface area contributed by atoms with Gasteiger partial charge < -0.3 is 20.1 Å². The van der Waals surface area contributed by atoms with E-state index in [1.165, 1.54) is 0 Å². The van der Waals surface area contributed by atoms with Crippen LogP contribution in [0.15, 0.2) is 12.2 Å². The van der Waals surface area contributed by atoms with Gasteiger partial charge in [0.1, 0.15) is 0 Å². The highest BCUT2D eigenvalue weighted by atomic mass is 16.5. The van der Waals surface area contributed by atoms with Crippen LogP contribution in [0.2, 0.25) is 0 Å². The Balaban J connectivity index is 1.66. The molecule has 0 radical (unpaired) electrons.